The quantitative estimate of drug-likeness (QED) is 0.629. The van der Waals surface area contributed by atoms with Gasteiger partial charge in [-0.15, -0.1) is 16.4 Å². The molecular formula is C15H16N6OS2. The lowest BCUT2D eigenvalue weighted by Gasteiger charge is -2.14. The molecule has 1 aromatic carbocycles. The van der Waals surface area contributed by atoms with Gasteiger partial charge in [-0.25, -0.2) is 4.98 Å². The molecule has 0 aliphatic carbocycles. The number of thiazole rings is 1. The summed E-state index contributed by atoms with van der Waals surface area (Å²) in [4.78, 5) is 17.8. The highest BCUT2D eigenvalue weighted by atomic mass is 32.2. The number of carbonyl (C=O) groups is 1. The minimum Gasteiger partial charge on any atom is -0.289 e. The van der Waals surface area contributed by atoms with E-state index in [1.54, 1.807) is 16.5 Å². The van der Waals surface area contributed by atoms with Gasteiger partial charge in [-0.3, -0.25) is 9.69 Å². The van der Waals surface area contributed by atoms with E-state index in [0.717, 1.165) is 16.5 Å². The Morgan fingerprint density at radius 2 is 2.12 bits per heavy atom. The van der Waals surface area contributed by atoms with E-state index in [2.05, 4.69) is 20.5 Å². The number of aromatic nitrogens is 5. The van der Waals surface area contributed by atoms with Crippen LogP contribution < -0.4 is 4.90 Å². The number of hydrogen-bond donors (Lipinski definition) is 0. The van der Waals surface area contributed by atoms with E-state index in [0.29, 0.717) is 17.5 Å². The van der Waals surface area contributed by atoms with E-state index in [1.165, 1.54) is 23.1 Å². The van der Waals surface area contributed by atoms with E-state index < -0.39 is 0 Å². The van der Waals surface area contributed by atoms with Crippen LogP contribution in [0.15, 0.2) is 40.9 Å². The summed E-state index contributed by atoms with van der Waals surface area (Å²) >= 11 is 2.98. The summed E-state index contributed by atoms with van der Waals surface area (Å²) in [7, 11) is 0. The summed E-state index contributed by atoms with van der Waals surface area (Å²) in [5, 5.41) is 15.2. The van der Waals surface area contributed by atoms with E-state index >= 15 is 0 Å². The maximum Gasteiger partial charge on any atom is 0.225 e. The Kier molecular flexibility index (Phi) is 5.21. The van der Waals surface area contributed by atoms with Gasteiger partial charge in [-0.05, 0) is 29.5 Å². The lowest BCUT2D eigenvalue weighted by molar-refractivity contribution is -0.116. The second-order valence-electron chi connectivity index (χ2n) is 4.88. The summed E-state index contributed by atoms with van der Waals surface area (Å²) in [6.07, 6.45) is 0. The average Bonchev–Trinajstić information content (AvgIpc) is 3.23. The number of nitrogens with zero attached hydrogens (tertiary/aromatic N) is 6. The van der Waals surface area contributed by atoms with Crippen LogP contribution in [-0.2, 0) is 10.5 Å². The predicted octanol–water partition coefficient (Wildman–Crippen LogP) is 2.78. The third-order valence-electron chi connectivity index (χ3n) is 3.26. The van der Waals surface area contributed by atoms with Crippen molar-refractivity contribution >= 4 is 34.1 Å². The minimum atomic E-state index is -0.000858. The van der Waals surface area contributed by atoms with Crippen LogP contribution in [0.3, 0.4) is 0 Å². The fourth-order valence-corrected chi connectivity index (χ4v) is 3.94. The summed E-state index contributed by atoms with van der Waals surface area (Å²) in [6.45, 7) is 4.10. The van der Waals surface area contributed by atoms with Gasteiger partial charge in [-0.2, -0.15) is 4.68 Å². The van der Waals surface area contributed by atoms with Gasteiger partial charge in [0.15, 0.2) is 5.13 Å². The third kappa shape index (κ3) is 3.62. The van der Waals surface area contributed by atoms with E-state index in [4.69, 9.17) is 0 Å². The van der Waals surface area contributed by atoms with E-state index in [9.17, 15) is 4.79 Å². The smallest absolute Gasteiger partial charge is 0.225 e. The highest BCUT2D eigenvalue weighted by molar-refractivity contribution is 7.98. The molecule has 7 nitrogen and oxygen atoms in total. The van der Waals surface area contributed by atoms with Gasteiger partial charge < -0.3 is 0 Å². The molecule has 0 N–H and O–H groups in total. The van der Waals surface area contributed by atoms with Gasteiger partial charge in [0, 0.05) is 24.6 Å². The minimum absolute atomic E-state index is 0.000858. The number of carbonyl (C=O) groups excluding carboxylic acids is 1. The zero-order chi connectivity index (χ0) is 16.9. The van der Waals surface area contributed by atoms with Gasteiger partial charge in [0.05, 0.1) is 11.4 Å². The summed E-state index contributed by atoms with van der Waals surface area (Å²) in [5.41, 5.74) is 1.82. The monoisotopic (exact) mass is 360 g/mol. The normalized spacial score (nSPS) is 10.8. The van der Waals surface area contributed by atoms with Crippen molar-refractivity contribution in [1.29, 1.82) is 0 Å². The van der Waals surface area contributed by atoms with Gasteiger partial charge in [-0.1, -0.05) is 30.0 Å². The molecule has 0 aliphatic heterocycles. The van der Waals surface area contributed by atoms with Crippen LogP contribution in [0.5, 0.6) is 0 Å². The van der Waals surface area contributed by atoms with Crippen molar-refractivity contribution in [2.75, 3.05) is 11.4 Å². The first-order valence-corrected chi connectivity index (χ1v) is 9.24. The van der Waals surface area contributed by atoms with E-state index in [1.807, 2.05) is 42.6 Å². The van der Waals surface area contributed by atoms with Crippen molar-refractivity contribution in [3.8, 4) is 5.69 Å². The van der Waals surface area contributed by atoms with Crippen molar-refractivity contribution in [3.05, 3.63) is 41.4 Å². The van der Waals surface area contributed by atoms with Gasteiger partial charge >= 0.3 is 0 Å². The molecule has 0 aliphatic rings. The van der Waals surface area contributed by atoms with Crippen molar-refractivity contribution < 1.29 is 4.79 Å². The highest BCUT2D eigenvalue weighted by Gasteiger charge is 2.15. The van der Waals surface area contributed by atoms with Crippen molar-refractivity contribution in [2.45, 2.75) is 24.8 Å². The molecule has 0 unspecified atom stereocenters. The molecule has 1 amide bonds. The molecule has 0 radical (unpaired) electrons. The molecule has 0 saturated carbocycles. The number of thioether (sulfide) groups is 1. The van der Waals surface area contributed by atoms with Crippen LogP contribution >= 0.6 is 23.1 Å². The van der Waals surface area contributed by atoms with Crippen molar-refractivity contribution in [2.24, 2.45) is 0 Å². The first-order valence-electron chi connectivity index (χ1n) is 7.38. The molecule has 2 heterocycles. The SMILES string of the molecule is CCN(C(C)=O)c1nc(CSc2nnnn2-c2ccccc2)cs1. The molecule has 9 heteroatoms. The van der Waals surface area contributed by atoms with E-state index in [-0.39, 0.29) is 5.91 Å². The second-order valence-corrected chi connectivity index (χ2v) is 6.66. The molecule has 0 fully saturated rings. The van der Waals surface area contributed by atoms with Crippen molar-refractivity contribution in [3.63, 3.8) is 0 Å². The largest absolute Gasteiger partial charge is 0.289 e. The predicted molar refractivity (Wildman–Crippen MR) is 94.5 cm³/mol. The maximum absolute atomic E-state index is 11.6. The molecule has 124 valence electrons. The van der Waals surface area contributed by atoms with Gasteiger partial charge in [0.2, 0.25) is 11.1 Å². The molecule has 0 spiro atoms. The maximum atomic E-state index is 11.6. The van der Waals surface area contributed by atoms with Crippen LogP contribution in [0.4, 0.5) is 5.13 Å². The zero-order valence-corrected chi connectivity index (χ0v) is 14.9. The fourth-order valence-electron chi connectivity index (χ4n) is 2.12. The standard InChI is InChI=1S/C15H16N6OS2/c1-3-20(11(2)22)14-16-12(9-23-14)10-24-15-17-18-19-21(15)13-7-5-4-6-8-13/h4-9H,3,10H2,1-2H3. The van der Waals surface area contributed by atoms with Gasteiger partial charge in [0.1, 0.15) is 0 Å². The third-order valence-corrected chi connectivity index (χ3v) is 5.12. The summed E-state index contributed by atoms with van der Waals surface area (Å²) in [6, 6.07) is 9.74. The number of benzene rings is 1. The van der Waals surface area contributed by atoms with Crippen LogP contribution in [0, 0.1) is 0 Å². The number of tetrazole rings is 1. The zero-order valence-electron chi connectivity index (χ0n) is 13.3. The molecule has 2 aromatic heterocycles. The van der Waals surface area contributed by atoms with Gasteiger partial charge in [0.25, 0.3) is 0 Å². The van der Waals surface area contributed by atoms with Crippen molar-refractivity contribution in [1.82, 2.24) is 25.2 Å². The Morgan fingerprint density at radius 1 is 1.33 bits per heavy atom. The summed E-state index contributed by atoms with van der Waals surface area (Å²) in [5.74, 6) is 0.637. The Labute approximate surface area is 147 Å². The van der Waals surface area contributed by atoms with Crippen LogP contribution in [0.2, 0.25) is 0 Å². The number of anilines is 1. The molecule has 3 aromatic rings. The second kappa shape index (κ2) is 7.54. The Bertz CT molecular complexity index is 816. The fraction of sp³-hybridized carbons (Fsp3) is 0.267. The average molecular weight is 360 g/mol. The number of rotatable bonds is 6. The molecular weight excluding hydrogens is 344 g/mol. The summed E-state index contributed by atoms with van der Waals surface area (Å²) < 4.78 is 1.70. The molecule has 0 saturated heterocycles. The Morgan fingerprint density at radius 3 is 2.83 bits per heavy atom. The van der Waals surface area contributed by atoms with Crippen LogP contribution in [0.25, 0.3) is 5.69 Å². The lowest BCUT2D eigenvalue weighted by atomic mass is 10.3. The number of amides is 1. The molecule has 24 heavy (non-hydrogen) atoms. The first-order chi connectivity index (χ1) is 11.7. The Hall–Kier alpha value is -2.26. The number of para-hydroxylation sites is 1. The molecule has 3 rings (SSSR count). The topological polar surface area (TPSA) is 76.8 Å². The Balaban J connectivity index is 1.71. The lowest BCUT2D eigenvalue weighted by Crippen LogP contribution is -2.27. The highest BCUT2D eigenvalue weighted by Crippen LogP contribution is 2.26. The molecule has 0 atom stereocenters. The molecule has 0 bridgehead atoms. The first kappa shape index (κ1) is 16.6. The number of hydrogen-bond acceptors (Lipinski definition) is 7. The van der Waals surface area contributed by atoms with Crippen LogP contribution in [0.1, 0.15) is 19.5 Å². The van der Waals surface area contributed by atoms with Crippen LogP contribution in [-0.4, -0.2) is 37.6 Å².